The molecule has 0 unspecified atom stereocenters. The maximum absolute atomic E-state index is 11.3. The van der Waals surface area contributed by atoms with Crippen LogP contribution in [0.25, 0.3) is 0 Å². The predicted molar refractivity (Wildman–Crippen MR) is 116 cm³/mol. The van der Waals surface area contributed by atoms with Gasteiger partial charge in [-0.1, -0.05) is 6.07 Å². The van der Waals surface area contributed by atoms with Crippen molar-refractivity contribution < 1.29 is 24.1 Å². The minimum absolute atomic E-state index is 0.0229. The second-order valence-corrected chi connectivity index (χ2v) is 7.93. The van der Waals surface area contributed by atoms with Crippen LogP contribution in [-0.4, -0.2) is 66.6 Å². The number of carboxylic acid groups (broad SMARTS) is 1. The molecule has 0 radical (unpaired) electrons. The van der Waals surface area contributed by atoms with Crippen molar-refractivity contribution in [2.24, 2.45) is 0 Å². The first-order chi connectivity index (χ1) is 15.1. The summed E-state index contributed by atoms with van der Waals surface area (Å²) in [6, 6.07) is 10.2. The van der Waals surface area contributed by atoms with Crippen LogP contribution in [0.3, 0.4) is 0 Å². The fourth-order valence-electron chi connectivity index (χ4n) is 4.21. The number of nitrogens with zero attached hydrogens (tertiary/aromatic N) is 3. The average molecular weight is 428 g/mol. The molecule has 0 spiro atoms. The number of hydrogen-bond acceptors (Lipinski definition) is 6. The number of piperidine rings is 1. The van der Waals surface area contributed by atoms with E-state index in [4.69, 9.17) is 14.2 Å². The zero-order chi connectivity index (χ0) is 21.6. The highest BCUT2D eigenvalue weighted by Gasteiger charge is 2.28. The highest BCUT2D eigenvalue weighted by molar-refractivity contribution is 5.65. The summed E-state index contributed by atoms with van der Waals surface area (Å²) in [7, 11) is 1.64. The van der Waals surface area contributed by atoms with Gasteiger partial charge in [0, 0.05) is 56.2 Å². The molecule has 1 N–H and O–H groups in total. The fraction of sp³-hybridized carbons (Fsp3) is 0.478. The van der Waals surface area contributed by atoms with E-state index in [2.05, 4.69) is 16.0 Å². The van der Waals surface area contributed by atoms with E-state index < -0.39 is 6.09 Å². The van der Waals surface area contributed by atoms with Gasteiger partial charge in [-0.25, -0.2) is 4.79 Å². The molecule has 0 aliphatic carbocycles. The largest absolute Gasteiger partial charge is 0.493 e. The van der Waals surface area contributed by atoms with E-state index in [1.54, 1.807) is 13.3 Å². The Hall–Kier alpha value is -3.00. The molecule has 166 valence electrons. The first-order valence-corrected chi connectivity index (χ1v) is 10.7. The Morgan fingerprint density at radius 2 is 2.10 bits per heavy atom. The summed E-state index contributed by atoms with van der Waals surface area (Å²) in [4.78, 5) is 19.4. The lowest BCUT2D eigenvalue weighted by Gasteiger charge is -2.39. The minimum atomic E-state index is -0.851. The molecule has 2 aliphatic heterocycles. The van der Waals surface area contributed by atoms with Gasteiger partial charge in [0.05, 0.1) is 20.3 Å². The molecule has 1 atom stereocenters. The Kier molecular flexibility index (Phi) is 6.76. The summed E-state index contributed by atoms with van der Waals surface area (Å²) in [5.74, 6) is 1.40. The summed E-state index contributed by atoms with van der Waals surface area (Å²) in [6.45, 7) is 3.04. The Bertz CT molecular complexity index is 865. The normalized spacial score (nSPS) is 19.3. The summed E-state index contributed by atoms with van der Waals surface area (Å²) < 4.78 is 17.2. The van der Waals surface area contributed by atoms with E-state index in [0.717, 1.165) is 30.5 Å². The Morgan fingerprint density at radius 3 is 2.74 bits per heavy atom. The molecule has 1 aromatic heterocycles. The van der Waals surface area contributed by atoms with Gasteiger partial charge in [0.1, 0.15) is 6.10 Å². The maximum atomic E-state index is 11.3. The van der Waals surface area contributed by atoms with Gasteiger partial charge in [-0.3, -0.25) is 4.98 Å². The van der Waals surface area contributed by atoms with Gasteiger partial charge in [-0.05, 0) is 36.6 Å². The molecule has 1 aromatic carbocycles. The summed E-state index contributed by atoms with van der Waals surface area (Å²) >= 11 is 0. The van der Waals surface area contributed by atoms with Gasteiger partial charge in [-0.15, -0.1) is 0 Å². The van der Waals surface area contributed by atoms with Gasteiger partial charge in [-0.2, -0.15) is 0 Å². The van der Waals surface area contributed by atoms with Crippen molar-refractivity contribution in [2.45, 2.75) is 38.0 Å². The number of amides is 1. The van der Waals surface area contributed by atoms with Crippen LogP contribution >= 0.6 is 0 Å². The van der Waals surface area contributed by atoms with E-state index in [0.29, 0.717) is 44.3 Å². The molecule has 4 rings (SSSR count). The zero-order valence-corrected chi connectivity index (χ0v) is 17.8. The molecule has 2 fully saturated rings. The molecule has 31 heavy (non-hydrogen) atoms. The number of rotatable bonds is 7. The monoisotopic (exact) mass is 427 g/mol. The molecule has 0 saturated carbocycles. The van der Waals surface area contributed by atoms with Crippen molar-refractivity contribution in [3.05, 3.63) is 48.3 Å². The Labute approximate surface area is 182 Å². The molecule has 2 aliphatic rings. The number of carbonyl (C=O) groups is 1. The van der Waals surface area contributed by atoms with Crippen LogP contribution in [0.2, 0.25) is 0 Å². The molecule has 8 nitrogen and oxygen atoms in total. The maximum Gasteiger partial charge on any atom is 0.407 e. The third-order valence-electron chi connectivity index (χ3n) is 5.91. The number of ether oxygens (including phenoxy) is 3. The number of methoxy groups -OCH3 is 1. The number of hydrogen-bond donors (Lipinski definition) is 1. The third-order valence-corrected chi connectivity index (χ3v) is 5.91. The number of benzene rings is 1. The van der Waals surface area contributed by atoms with E-state index in [1.807, 2.05) is 30.5 Å². The van der Waals surface area contributed by atoms with Crippen LogP contribution in [0.5, 0.6) is 11.5 Å². The quantitative estimate of drug-likeness (QED) is 0.725. The smallest absolute Gasteiger partial charge is 0.407 e. The number of aromatic nitrogens is 1. The summed E-state index contributed by atoms with van der Waals surface area (Å²) in [6.07, 6.45) is 5.21. The molecule has 2 saturated heterocycles. The van der Waals surface area contributed by atoms with Gasteiger partial charge in [0.15, 0.2) is 11.5 Å². The van der Waals surface area contributed by atoms with E-state index in [1.165, 1.54) is 4.90 Å². The zero-order valence-electron chi connectivity index (χ0n) is 17.8. The second kappa shape index (κ2) is 9.87. The molecular formula is C23H29N3O5. The van der Waals surface area contributed by atoms with Crippen LogP contribution in [0.15, 0.2) is 42.7 Å². The lowest BCUT2D eigenvalue weighted by Crippen LogP contribution is -2.46. The van der Waals surface area contributed by atoms with E-state index in [-0.39, 0.29) is 12.1 Å². The van der Waals surface area contributed by atoms with Crippen molar-refractivity contribution in [2.75, 3.05) is 38.3 Å². The Balaban J connectivity index is 1.60. The van der Waals surface area contributed by atoms with Crippen molar-refractivity contribution >= 4 is 11.8 Å². The molecule has 2 aromatic rings. The fourth-order valence-corrected chi connectivity index (χ4v) is 4.21. The van der Waals surface area contributed by atoms with Crippen molar-refractivity contribution in [1.82, 2.24) is 9.88 Å². The third kappa shape index (κ3) is 5.19. The van der Waals surface area contributed by atoms with Crippen LogP contribution in [-0.2, 0) is 11.3 Å². The van der Waals surface area contributed by atoms with Crippen LogP contribution in [0.4, 0.5) is 10.5 Å². The van der Waals surface area contributed by atoms with Crippen molar-refractivity contribution in [1.29, 1.82) is 0 Å². The van der Waals surface area contributed by atoms with E-state index >= 15 is 0 Å². The van der Waals surface area contributed by atoms with Gasteiger partial charge < -0.3 is 29.1 Å². The highest BCUT2D eigenvalue weighted by Crippen LogP contribution is 2.36. The second-order valence-electron chi connectivity index (χ2n) is 7.93. The lowest BCUT2D eigenvalue weighted by atomic mass is 10.0. The lowest BCUT2D eigenvalue weighted by molar-refractivity contribution is 0.131. The van der Waals surface area contributed by atoms with Crippen molar-refractivity contribution in [3.8, 4) is 11.5 Å². The standard InChI is InChI=1S/C23H29N3O5/c1-29-21-5-4-19(13-22(21)31-20-8-12-30-16-20)26(15-17-3-2-9-24-14-17)18-6-10-25(11-7-18)23(27)28/h2-5,9,13-14,18,20H,6-8,10-12,15-16H2,1H3,(H,27,28)/t20-/m1/s1. The minimum Gasteiger partial charge on any atom is -0.493 e. The van der Waals surface area contributed by atoms with Gasteiger partial charge >= 0.3 is 6.09 Å². The SMILES string of the molecule is COc1ccc(N(Cc2cccnc2)C2CCN(C(=O)O)CC2)cc1O[C@@H]1CCOC1. The van der Waals surface area contributed by atoms with Crippen LogP contribution in [0, 0.1) is 0 Å². The molecular weight excluding hydrogens is 398 g/mol. The first-order valence-electron chi connectivity index (χ1n) is 10.7. The number of likely N-dealkylation sites (tertiary alicyclic amines) is 1. The highest BCUT2D eigenvalue weighted by atomic mass is 16.6. The topological polar surface area (TPSA) is 84.4 Å². The number of pyridine rings is 1. The van der Waals surface area contributed by atoms with Crippen LogP contribution < -0.4 is 14.4 Å². The van der Waals surface area contributed by atoms with Gasteiger partial charge in [0.25, 0.3) is 0 Å². The average Bonchev–Trinajstić information content (AvgIpc) is 3.31. The summed E-state index contributed by atoms with van der Waals surface area (Å²) in [5, 5.41) is 9.31. The molecule has 1 amide bonds. The van der Waals surface area contributed by atoms with Crippen LogP contribution in [0.1, 0.15) is 24.8 Å². The van der Waals surface area contributed by atoms with Crippen molar-refractivity contribution in [3.63, 3.8) is 0 Å². The molecule has 3 heterocycles. The molecule has 8 heteroatoms. The first kappa shape index (κ1) is 21.2. The molecule has 0 bridgehead atoms. The Morgan fingerprint density at radius 1 is 1.26 bits per heavy atom. The number of anilines is 1. The summed E-state index contributed by atoms with van der Waals surface area (Å²) in [5.41, 5.74) is 2.12. The van der Waals surface area contributed by atoms with E-state index in [9.17, 15) is 9.90 Å². The van der Waals surface area contributed by atoms with Gasteiger partial charge in [0.2, 0.25) is 0 Å². The predicted octanol–water partition coefficient (Wildman–Crippen LogP) is 3.41.